The second kappa shape index (κ2) is 13.4. The minimum atomic E-state index is -3.17. The van der Waals surface area contributed by atoms with Crippen LogP contribution in [0.4, 0.5) is 25.0 Å². The van der Waals surface area contributed by atoms with E-state index in [0.29, 0.717) is 40.8 Å². The summed E-state index contributed by atoms with van der Waals surface area (Å²) in [5.74, 6) is -0.179. The summed E-state index contributed by atoms with van der Waals surface area (Å²) >= 11 is 1.46. The van der Waals surface area contributed by atoms with Crippen LogP contribution in [0, 0.1) is 0 Å². The molecule has 0 atom stereocenters. The molecule has 1 aliphatic heterocycles. The summed E-state index contributed by atoms with van der Waals surface area (Å²) in [4.78, 5) is 32.9. The van der Waals surface area contributed by atoms with Gasteiger partial charge in [0.15, 0.2) is 5.65 Å². The first-order valence-electron chi connectivity index (χ1n) is 14.7. The van der Waals surface area contributed by atoms with Crippen molar-refractivity contribution in [1.29, 1.82) is 0 Å². The Morgan fingerprint density at radius 3 is 2.65 bits per heavy atom. The van der Waals surface area contributed by atoms with E-state index in [1.807, 2.05) is 0 Å². The fraction of sp³-hybridized carbons (Fsp3) is 0.433. The van der Waals surface area contributed by atoms with Crippen LogP contribution in [0.2, 0.25) is 25.7 Å². The largest absolute Gasteiger partial charge is 0.443 e. The number of aromatic nitrogens is 5. The van der Waals surface area contributed by atoms with Crippen molar-refractivity contribution in [3.63, 3.8) is 0 Å². The SMILES string of the molecule is CC(C)(C)OC(=O)N1CCSc2cc(-c3c(NC(=O)c4cnn5cccnc45)cnn3COCC[Si](C)(C)C)c(OC(F)F)cc21. The van der Waals surface area contributed by atoms with Crippen molar-refractivity contribution in [2.45, 2.75) is 70.3 Å². The Morgan fingerprint density at radius 2 is 1.93 bits per heavy atom. The molecule has 4 aromatic rings. The molecule has 5 rings (SSSR count). The molecule has 246 valence electrons. The van der Waals surface area contributed by atoms with Gasteiger partial charge in [-0.2, -0.15) is 19.0 Å². The Kier molecular flexibility index (Phi) is 9.69. The van der Waals surface area contributed by atoms with Crippen LogP contribution >= 0.6 is 11.8 Å². The molecule has 16 heteroatoms. The summed E-state index contributed by atoms with van der Waals surface area (Å²) in [6, 6.07) is 5.66. The lowest BCUT2D eigenvalue weighted by molar-refractivity contribution is -0.0494. The number of amides is 2. The van der Waals surface area contributed by atoms with E-state index >= 15 is 0 Å². The molecular formula is C30H37F2N7O5SSi. The average molecular weight is 674 g/mol. The number of carbonyl (C=O) groups excluding carboxylic acids is 2. The normalized spacial score (nSPS) is 13.6. The molecule has 1 N–H and O–H groups in total. The van der Waals surface area contributed by atoms with Crippen molar-refractivity contribution >= 4 is 48.9 Å². The lowest BCUT2D eigenvalue weighted by Gasteiger charge is -2.32. The topological polar surface area (TPSA) is 125 Å². The molecule has 0 bridgehead atoms. The summed E-state index contributed by atoms with van der Waals surface area (Å²) in [5.41, 5.74) is 0.941. The van der Waals surface area contributed by atoms with Crippen LogP contribution in [0.25, 0.3) is 16.9 Å². The van der Waals surface area contributed by atoms with Crippen LogP contribution in [-0.4, -0.2) is 75.6 Å². The summed E-state index contributed by atoms with van der Waals surface area (Å²) in [6.45, 7) is 9.59. The number of nitrogens with one attached hydrogen (secondary N) is 1. The fourth-order valence-electron chi connectivity index (χ4n) is 4.69. The Balaban J connectivity index is 1.57. The third-order valence-corrected chi connectivity index (χ3v) is 9.56. The second-order valence-corrected chi connectivity index (χ2v) is 19.6. The van der Waals surface area contributed by atoms with Crippen LogP contribution in [-0.2, 0) is 16.2 Å². The molecule has 2 amide bonds. The Bertz CT molecular complexity index is 1730. The second-order valence-electron chi connectivity index (χ2n) is 12.8. The Morgan fingerprint density at radius 1 is 1.15 bits per heavy atom. The predicted octanol–water partition coefficient (Wildman–Crippen LogP) is 6.61. The first kappa shape index (κ1) is 33.3. The highest BCUT2D eigenvalue weighted by atomic mass is 32.2. The third-order valence-electron chi connectivity index (χ3n) is 6.83. The quantitative estimate of drug-likeness (QED) is 0.146. The van der Waals surface area contributed by atoms with Crippen LogP contribution < -0.4 is 15.0 Å². The molecule has 0 spiro atoms. The lowest BCUT2D eigenvalue weighted by atomic mass is 10.1. The van der Waals surface area contributed by atoms with Crippen molar-refractivity contribution in [2.24, 2.45) is 0 Å². The molecule has 3 aromatic heterocycles. The number of benzene rings is 1. The zero-order valence-electron chi connectivity index (χ0n) is 26.5. The molecule has 4 heterocycles. The van der Waals surface area contributed by atoms with Crippen LogP contribution in [0.3, 0.4) is 0 Å². The first-order chi connectivity index (χ1) is 21.7. The van der Waals surface area contributed by atoms with Crippen molar-refractivity contribution < 1.29 is 32.6 Å². The molecule has 0 fully saturated rings. The number of hydrogen-bond donors (Lipinski definition) is 1. The van der Waals surface area contributed by atoms with Gasteiger partial charge in [0, 0.05) is 55.9 Å². The molecule has 1 aliphatic rings. The molecule has 0 aliphatic carbocycles. The standard InChI is InChI=1S/C30H37F2N7O5SSi/c1-30(2,3)44-29(41)37-10-12-45-24-14-19(23(15-22(24)37)43-28(31)32)25-21(17-35-39(25)18-42-11-13-46(4,5)6)36-27(40)20-16-34-38-9-7-8-33-26(20)38/h7-9,14-17,28H,10-13,18H2,1-6H3,(H,36,40). The number of nitrogens with zero attached hydrogens (tertiary/aromatic N) is 6. The molecular weight excluding hydrogens is 637 g/mol. The third kappa shape index (κ3) is 7.85. The van der Waals surface area contributed by atoms with E-state index in [-0.39, 0.29) is 29.3 Å². The van der Waals surface area contributed by atoms with E-state index in [0.717, 1.165) is 6.04 Å². The van der Waals surface area contributed by atoms with E-state index in [4.69, 9.17) is 14.2 Å². The van der Waals surface area contributed by atoms with Crippen LogP contribution in [0.1, 0.15) is 31.1 Å². The first-order valence-corrected chi connectivity index (χ1v) is 19.4. The molecule has 12 nitrogen and oxygen atoms in total. The van der Waals surface area contributed by atoms with E-state index in [1.54, 1.807) is 45.3 Å². The number of fused-ring (bicyclic) bond motifs is 2. The summed E-state index contributed by atoms with van der Waals surface area (Å²) < 4.78 is 47.4. The van der Waals surface area contributed by atoms with E-state index in [1.165, 1.54) is 44.3 Å². The van der Waals surface area contributed by atoms with E-state index in [2.05, 4.69) is 40.1 Å². The smallest absolute Gasteiger partial charge is 0.414 e. The van der Waals surface area contributed by atoms with Crippen molar-refractivity contribution in [3.05, 3.63) is 48.5 Å². The Hall–Kier alpha value is -4.02. The number of alkyl halides is 2. The number of anilines is 2. The number of halogens is 2. The van der Waals surface area contributed by atoms with Gasteiger partial charge in [-0.3, -0.25) is 9.69 Å². The zero-order chi connectivity index (χ0) is 33.2. The van der Waals surface area contributed by atoms with Gasteiger partial charge in [-0.25, -0.2) is 19.0 Å². The highest BCUT2D eigenvalue weighted by Crippen LogP contribution is 2.45. The number of carbonyl (C=O) groups is 2. The van der Waals surface area contributed by atoms with Gasteiger partial charge in [0.05, 0.1) is 29.5 Å². The number of rotatable bonds is 10. The van der Waals surface area contributed by atoms with E-state index in [9.17, 15) is 18.4 Å². The van der Waals surface area contributed by atoms with Crippen molar-refractivity contribution in [3.8, 4) is 17.0 Å². The summed E-state index contributed by atoms with van der Waals surface area (Å²) in [5, 5.41) is 11.5. The summed E-state index contributed by atoms with van der Waals surface area (Å²) in [7, 11) is -1.39. The maximum Gasteiger partial charge on any atom is 0.414 e. The molecule has 0 radical (unpaired) electrons. The van der Waals surface area contributed by atoms with Crippen molar-refractivity contribution in [1.82, 2.24) is 24.4 Å². The highest BCUT2D eigenvalue weighted by molar-refractivity contribution is 7.99. The Labute approximate surface area is 270 Å². The number of ether oxygens (including phenoxy) is 3. The number of hydrogen-bond acceptors (Lipinski definition) is 9. The lowest BCUT2D eigenvalue weighted by Crippen LogP contribution is -2.39. The molecule has 0 saturated carbocycles. The van der Waals surface area contributed by atoms with Gasteiger partial charge in [0.25, 0.3) is 5.91 Å². The number of thioether (sulfide) groups is 1. The van der Waals surface area contributed by atoms with Crippen molar-refractivity contribution in [2.75, 3.05) is 29.1 Å². The maximum atomic E-state index is 13.9. The minimum absolute atomic E-state index is 0.00364. The van der Waals surface area contributed by atoms with Gasteiger partial charge >= 0.3 is 12.7 Å². The molecule has 1 aromatic carbocycles. The predicted molar refractivity (Wildman–Crippen MR) is 174 cm³/mol. The van der Waals surface area contributed by atoms with Gasteiger partial charge in [-0.1, -0.05) is 19.6 Å². The zero-order valence-corrected chi connectivity index (χ0v) is 28.4. The highest BCUT2D eigenvalue weighted by Gasteiger charge is 2.31. The summed E-state index contributed by atoms with van der Waals surface area (Å²) in [6.07, 6.45) is 5.45. The minimum Gasteiger partial charge on any atom is -0.443 e. The average Bonchev–Trinajstić information content (AvgIpc) is 3.57. The monoisotopic (exact) mass is 673 g/mol. The molecule has 0 unspecified atom stereocenters. The van der Waals surface area contributed by atoms with Gasteiger partial charge in [-0.05, 0) is 38.9 Å². The van der Waals surface area contributed by atoms with E-state index < -0.39 is 32.3 Å². The molecule has 46 heavy (non-hydrogen) atoms. The molecule has 0 saturated heterocycles. The maximum absolute atomic E-state index is 13.9. The van der Waals surface area contributed by atoms with Gasteiger partial charge in [0.1, 0.15) is 23.6 Å². The van der Waals surface area contributed by atoms with Crippen LogP contribution in [0.5, 0.6) is 5.75 Å². The van der Waals surface area contributed by atoms with Gasteiger partial charge in [0.2, 0.25) is 0 Å². The van der Waals surface area contributed by atoms with Crippen LogP contribution in [0.15, 0.2) is 47.9 Å². The van der Waals surface area contributed by atoms with Gasteiger partial charge in [-0.15, -0.1) is 11.8 Å². The van der Waals surface area contributed by atoms with Gasteiger partial charge < -0.3 is 19.5 Å². The fourth-order valence-corrected chi connectivity index (χ4v) is 6.46.